The van der Waals surface area contributed by atoms with Crippen LogP contribution in [-0.2, 0) is 20.0 Å². The van der Waals surface area contributed by atoms with Crippen LogP contribution in [0, 0.1) is 0 Å². The maximum atomic E-state index is 11.6. The number of hydrogen-bond acceptors (Lipinski definition) is 4. The molecule has 0 atom stereocenters. The van der Waals surface area contributed by atoms with Crippen molar-refractivity contribution in [1.82, 2.24) is 0 Å². The molecule has 0 bridgehead atoms. The summed E-state index contributed by atoms with van der Waals surface area (Å²) in [5, 5.41) is 1.48. The largest absolute Gasteiger partial charge is 0.295 e. The zero-order chi connectivity index (χ0) is 14.3. The topological polar surface area (TPSA) is 88.5 Å². The smallest absolute Gasteiger partial charge is 0.282 e. The van der Waals surface area contributed by atoms with Crippen LogP contribution in [0.4, 0.5) is 0 Å². The van der Waals surface area contributed by atoms with Crippen LogP contribution in [0.2, 0.25) is 0 Å². The highest BCUT2D eigenvalue weighted by atomic mass is 32.2. The Morgan fingerprint density at radius 2 is 1.74 bits per heavy atom. The van der Waals surface area contributed by atoms with Crippen molar-refractivity contribution in [2.75, 3.05) is 0 Å². The van der Waals surface area contributed by atoms with E-state index in [4.69, 9.17) is 4.55 Å². The summed E-state index contributed by atoms with van der Waals surface area (Å²) >= 11 is 0. The summed E-state index contributed by atoms with van der Waals surface area (Å²) in [6.45, 7) is 3.22. The Balaban J connectivity index is 2.82. The minimum absolute atomic E-state index is 0.0162. The van der Waals surface area contributed by atoms with E-state index in [-0.39, 0.29) is 15.2 Å². The molecule has 0 radical (unpaired) electrons. The van der Waals surface area contributed by atoms with Crippen molar-refractivity contribution in [1.29, 1.82) is 0 Å². The fourth-order valence-electron chi connectivity index (χ4n) is 1.73. The second-order valence-electron chi connectivity index (χ2n) is 3.83. The van der Waals surface area contributed by atoms with E-state index in [9.17, 15) is 16.8 Å². The predicted molar refractivity (Wildman–Crippen MR) is 71.1 cm³/mol. The van der Waals surface area contributed by atoms with Gasteiger partial charge in [0.1, 0.15) is 4.90 Å². The van der Waals surface area contributed by atoms with Crippen LogP contribution in [0.3, 0.4) is 0 Å². The molecule has 0 aliphatic carbocycles. The molecule has 0 fully saturated rings. The molecular weight excluding hydrogens is 288 g/mol. The molecule has 5 nitrogen and oxygen atoms in total. The zero-order valence-corrected chi connectivity index (χ0v) is 11.3. The molecule has 0 saturated heterocycles. The van der Waals surface area contributed by atoms with E-state index >= 15 is 0 Å². The lowest BCUT2D eigenvalue weighted by Gasteiger charge is -2.05. The third-order valence-electron chi connectivity index (χ3n) is 2.64. The number of rotatable bonds is 3. The summed E-state index contributed by atoms with van der Waals surface area (Å²) in [6, 6.07) is 8.19. The molecule has 2 aromatic rings. The SMILES string of the molecule is C=CS(=O)(=O)c1ccc2c(S(=O)(=O)O)cccc2c1. The molecule has 19 heavy (non-hydrogen) atoms. The lowest BCUT2D eigenvalue weighted by atomic mass is 10.1. The van der Waals surface area contributed by atoms with Gasteiger partial charge < -0.3 is 0 Å². The Bertz CT molecular complexity index is 864. The second kappa shape index (κ2) is 4.44. The van der Waals surface area contributed by atoms with Gasteiger partial charge in [0, 0.05) is 10.8 Å². The number of benzene rings is 2. The lowest BCUT2D eigenvalue weighted by molar-refractivity contribution is 0.484. The Morgan fingerprint density at radius 1 is 1.05 bits per heavy atom. The fraction of sp³-hybridized carbons (Fsp3) is 0. The van der Waals surface area contributed by atoms with E-state index in [1.54, 1.807) is 6.07 Å². The molecule has 1 N–H and O–H groups in total. The summed E-state index contributed by atoms with van der Waals surface area (Å²) in [7, 11) is -7.94. The summed E-state index contributed by atoms with van der Waals surface area (Å²) in [6.07, 6.45) is 0. The molecule has 0 heterocycles. The average molecular weight is 298 g/mol. The highest BCUT2D eigenvalue weighted by Gasteiger charge is 2.16. The van der Waals surface area contributed by atoms with E-state index in [1.165, 1.54) is 30.3 Å². The van der Waals surface area contributed by atoms with E-state index in [0.717, 1.165) is 5.41 Å². The third kappa shape index (κ3) is 2.53. The molecule has 100 valence electrons. The molecular formula is C12H10O5S2. The zero-order valence-electron chi connectivity index (χ0n) is 9.65. The molecule has 2 aromatic carbocycles. The van der Waals surface area contributed by atoms with E-state index in [2.05, 4.69) is 6.58 Å². The van der Waals surface area contributed by atoms with Crippen LogP contribution in [-0.4, -0.2) is 21.4 Å². The average Bonchev–Trinajstić information content (AvgIpc) is 2.36. The Kier molecular flexibility index (Phi) is 3.21. The van der Waals surface area contributed by atoms with Gasteiger partial charge in [-0.2, -0.15) is 8.42 Å². The van der Waals surface area contributed by atoms with Crippen molar-refractivity contribution >= 4 is 30.7 Å². The van der Waals surface area contributed by atoms with Gasteiger partial charge in [-0.05, 0) is 23.6 Å². The van der Waals surface area contributed by atoms with Crippen LogP contribution in [0.5, 0.6) is 0 Å². The third-order valence-corrected chi connectivity index (χ3v) is 4.90. The van der Waals surface area contributed by atoms with Crippen LogP contribution in [0.25, 0.3) is 10.8 Å². The fourth-order valence-corrected chi connectivity index (χ4v) is 3.19. The predicted octanol–water partition coefficient (Wildman–Crippen LogP) is 2.00. The Labute approximate surface area is 110 Å². The first-order valence-corrected chi connectivity index (χ1v) is 8.12. The van der Waals surface area contributed by atoms with Gasteiger partial charge in [-0.1, -0.05) is 24.8 Å². The van der Waals surface area contributed by atoms with Crippen molar-refractivity contribution in [2.45, 2.75) is 9.79 Å². The lowest BCUT2D eigenvalue weighted by Crippen LogP contribution is -2.00. The van der Waals surface area contributed by atoms with E-state index in [1.807, 2.05) is 0 Å². The van der Waals surface area contributed by atoms with Gasteiger partial charge in [-0.15, -0.1) is 0 Å². The Hall–Kier alpha value is -1.70. The van der Waals surface area contributed by atoms with Gasteiger partial charge in [0.15, 0.2) is 9.84 Å². The van der Waals surface area contributed by atoms with Crippen molar-refractivity contribution in [2.24, 2.45) is 0 Å². The quantitative estimate of drug-likeness (QED) is 0.876. The molecule has 0 saturated carbocycles. The first kappa shape index (κ1) is 13.7. The maximum absolute atomic E-state index is 11.6. The number of sulfone groups is 1. The molecule has 2 rings (SSSR count). The minimum atomic E-state index is -4.35. The monoisotopic (exact) mass is 298 g/mol. The molecule has 7 heteroatoms. The molecule has 0 aromatic heterocycles. The first-order chi connectivity index (χ1) is 8.75. The van der Waals surface area contributed by atoms with Gasteiger partial charge in [-0.3, -0.25) is 4.55 Å². The van der Waals surface area contributed by atoms with Crippen molar-refractivity contribution in [3.8, 4) is 0 Å². The summed E-state index contributed by atoms with van der Waals surface area (Å²) in [5.74, 6) is 0. The van der Waals surface area contributed by atoms with E-state index < -0.39 is 20.0 Å². The molecule has 0 aliphatic heterocycles. The summed E-state index contributed by atoms with van der Waals surface area (Å²) in [4.78, 5) is -0.241. The van der Waals surface area contributed by atoms with Crippen molar-refractivity contribution in [3.05, 3.63) is 48.4 Å². The van der Waals surface area contributed by atoms with Crippen LogP contribution in [0.1, 0.15) is 0 Å². The highest BCUT2D eigenvalue weighted by Crippen LogP contribution is 2.26. The van der Waals surface area contributed by atoms with Crippen LogP contribution >= 0.6 is 0 Å². The van der Waals surface area contributed by atoms with Crippen LogP contribution in [0.15, 0.2) is 58.2 Å². The van der Waals surface area contributed by atoms with Crippen molar-refractivity contribution in [3.63, 3.8) is 0 Å². The number of hydrogen-bond donors (Lipinski definition) is 1. The maximum Gasteiger partial charge on any atom is 0.295 e. The van der Waals surface area contributed by atoms with Gasteiger partial charge in [0.2, 0.25) is 0 Å². The van der Waals surface area contributed by atoms with Gasteiger partial charge in [0.25, 0.3) is 10.1 Å². The normalized spacial score (nSPS) is 12.5. The first-order valence-electron chi connectivity index (χ1n) is 5.13. The Morgan fingerprint density at radius 3 is 2.32 bits per heavy atom. The van der Waals surface area contributed by atoms with Crippen LogP contribution < -0.4 is 0 Å². The number of fused-ring (bicyclic) bond motifs is 1. The molecule has 0 amide bonds. The molecule has 0 unspecified atom stereocenters. The highest BCUT2D eigenvalue weighted by molar-refractivity contribution is 7.94. The van der Waals surface area contributed by atoms with Gasteiger partial charge in [-0.25, -0.2) is 8.42 Å². The summed E-state index contributed by atoms with van der Waals surface area (Å²) < 4.78 is 54.8. The standard InChI is InChI=1S/C12H10O5S2/c1-2-18(13,14)10-6-7-11-9(8-10)4-3-5-12(11)19(15,16)17/h2-8H,1H2,(H,15,16,17). The van der Waals surface area contributed by atoms with Gasteiger partial charge in [0.05, 0.1) is 4.90 Å². The molecule has 0 aliphatic rings. The van der Waals surface area contributed by atoms with Gasteiger partial charge >= 0.3 is 0 Å². The summed E-state index contributed by atoms with van der Waals surface area (Å²) in [5.41, 5.74) is 0. The minimum Gasteiger partial charge on any atom is -0.282 e. The van der Waals surface area contributed by atoms with Crippen molar-refractivity contribution < 1.29 is 21.4 Å². The second-order valence-corrected chi connectivity index (χ2v) is 7.11. The van der Waals surface area contributed by atoms with E-state index in [0.29, 0.717) is 5.39 Å². The molecule has 0 spiro atoms.